The molecule has 0 aliphatic carbocycles. The topological polar surface area (TPSA) is 67.2 Å². The van der Waals surface area contributed by atoms with Crippen LogP contribution in [-0.4, -0.2) is 28.8 Å². The van der Waals surface area contributed by atoms with Crippen LogP contribution in [0.4, 0.5) is 15.8 Å². The lowest BCUT2D eigenvalue weighted by atomic mass is 10.2. The monoisotopic (exact) mass is 316 g/mol. The standard InChI is InChI=1S/C16H17FN4O2/c1-20-15(22)7-5-13(19-20)16(23)18-11-4-6-14(12(17)10-11)21-8-2-3-9-21/h4-7,10H,2-3,8-9H2,1H3,(H,18,23). The first-order chi connectivity index (χ1) is 11.0. The molecule has 1 fully saturated rings. The summed E-state index contributed by atoms with van der Waals surface area (Å²) >= 11 is 0. The van der Waals surface area contributed by atoms with Gasteiger partial charge >= 0.3 is 0 Å². The van der Waals surface area contributed by atoms with E-state index in [-0.39, 0.29) is 17.1 Å². The lowest BCUT2D eigenvalue weighted by Gasteiger charge is -2.18. The Morgan fingerprint density at radius 2 is 1.96 bits per heavy atom. The van der Waals surface area contributed by atoms with Crippen molar-refractivity contribution in [1.82, 2.24) is 9.78 Å². The van der Waals surface area contributed by atoms with Crippen molar-refractivity contribution in [3.8, 4) is 0 Å². The van der Waals surface area contributed by atoms with Gasteiger partial charge in [0.25, 0.3) is 11.5 Å². The maximum absolute atomic E-state index is 14.2. The highest BCUT2D eigenvalue weighted by molar-refractivity contribution is 6.02. The Balaban J connectivity index is 1.77. The second-order valence-corrected chi connectivity index (χ2v) is 5.49. The van der Waals surface area contributed by atoms with Gasteiger partial charge in [-0.25, -0.2) is 9.07 Å². The number of amides is 1. The van der Waals surface area contributed by atoms with Crippen molar-refractivity contribution in [3.63, 3.8) is 0 Å². The van der Waals surface area contributed by atoms with Crippen LogP contribution in [0.3, 0.4) is 0 Å². The largest absolute Gasteiger partial charge is 0.369 e. The van der Waals surface area contributed by atoms with Crippen LogP contribution in [0.2, 0.25) is 0 Å². The van der Waals surface area contributed by atoms with E-state index in [9.17, 15) is 14.0 Å². The molecule has 120 valence electrons. The van der Waals surface area contributed by atoms with Crippen molar-refractivity contribution in [2.24, 2.45) is 7.05 Å². The summed E-state index contributed by atoms with van der Waals surface area (Å²) in [5, 5.41) is 6.45. The highest BCUT2D eigenvalue weighted by Crippen LogP contribution is 2.26. The first-order valence-corrected chi connectivity index (χ1v) is 7.45. The molecule has 0 bridgehead atoms. The summed E-state index contributed by atoms with van der Waals surface area (Å²) in [6, 6.07) is 7.24. The molecule has 1 saturated heterocycles. The fraction of sp³-hybridized carbons (Fsp3) is 0.312. The fourth-order valence-electron chi connectivity index (χ4n) is 2.62. The first-order valence-electron chi connectivity index (χ1n) is 7.45. The van der Waals surface area contributed by atoms with Gasteiger partial charge in [-0.15, -0.1) is 0 Å². The summed E-state index contributed by atoms with van der Waals surface area (Å²) in [5.41, 5.74) is 0.700. The SMILES string of the molecule is Cn1nc(C(=O)Nc2ccc(N3CCCC3)c(F)c2)ccc1=O. The van der Waals surface area contributed by atoms with Gasteiger partial charge in [-0.2, -0.15) is 5.10 Å². The summed E-state index contributed by atoms with van der Waals surface area (Å²) in [4.78, 5) is 25.4. The van der Waals surface area contributed by atoms with Crippen molar-refractivity contribution in [3.05, 3.63) is 52.2 Å². The first kappa shape index (κ1) is 15.2. The van der Waals surface area contributed by atoms with Gasteiger partial charge in [-0.05, 0) is 37.1 Å². The van der Waals surface area contributed by atoms with E-state index in [1.54, 1.807) is 12.1 Å². The second kappa shape index (κ2) is 6.20. The van der Waals surface area contributed by atoms with Crippen LogP contribution in [-0.2, 0) is 7.05 Å². The number of hydrogen-bond donors (Lipinski definition) is 1. The number of aryl methyl sites for hydroxylation is 1. The van der Waals surface area contributed by atoms with Crippen LogP contribution in [0.15, 0.2) is 35.1 Å². The molecule has 6 nitrogen and oxygen atoms in total. The minimum absolute atomic E-state index is 0.0936. The zero-order chi connectivity index (χ0) is 16.4. The Bertz CT molecular complexity index is 797. The molecular formula is C16H17FN4O2. The maximum atomic E-state index is 14.2. The molecule has 2 heterocycles. The number of carbonyl (C=O) groups is 1. The maximum Gasteiger partial charge on any atom is 0.276 e. The lowest BCUT2D eigenvalue weighted by molar-refractivity contribution is 0.102. The van der Waals surface area contributed by atoms with Crippen LogP contribution in [0.25, 0.3) is 0 Å². The molecule has 0 unspecified atom stereocenters. The number of anilines is 2. The zero-order valence-corrected chi connectivity index (χ0v) is 12.8. The second-order valence-electron chi connectivity index (χ2n) is 5.49. The molecular weight excluding hydrogens is 299 g/mol. The summed E-state index contributed by atoms with van der Waals surface area (Å²) in [6.45, 7) is 1.70. The van der Waals surface area contributed by atoms with Crippen LogP contribution in [0.5, 0.6) is 0 Å². The molecule has 0 atom stereocenters. The van der Waals surface area contributed by atoms with E-state index in [4.69, 9.17) is 0 Å². The van der Waals surface area contributed by atoms with Gasteiger partial charge in [-0.3, -0.25) is 9.59 Å². The van der Waals surface area contributed by atoms with Gasteiger partial charge in [0.05, 0.1) is 5.69 Å². The number of nitrogens with one attached hydrogen (secondary N) is 1. The Morgan fingerprint density at radius 1 is 1.22 bits per heavy atom. The normalized spacial score (nSPS) is 14.1. The van der Waals surface area contributed by atoms with Crippen LogP contribution in [0, 0.1) is 5.82 Å². The van der Waals surface area contributed by atoms with Crippen LogP contribution < -0.4 is 15.8 Å². The van der Waals surface area contributed by atoms with E-state index in [0.29, 0.717) is 11.4 Å². The van der Waals surface area contributed by atoms with E-state index in [2.05, 4.69) is 10.4 Å². The highest BCUT2D eigenvalue weighted by Gasteiger charge is 2.17. The van der Waals surface area contributed by atoms with E-state index >= 15 is 0 Å². The molecule has 1 amide bonds. The molecule has 1 N–H and O–H groups in total. The van der Waals surface area contributed by atoms with Crippen LogP contribution in [0.1, 0.15) is 23.3 Å². The smallest absolute Gasteiger partial charge is 0.276 e. The summed E-state index contributed by atoms with van der Waals surface area (Å²) < 4.78 is 15.3. The van der Waals surface area contributed by atoms with Crippen molar-refractivity contribution >= 4 is 17.3 Å². The van der Waals surface area contributed by atoms with Gasteiger partial charge in [0.2, 0.25) is 0 Å². The number of rotatable bonds is 3. The predicted molar refractivity (Wildman–Crippen MR) is 85.3 cm³/mol. The van der Waals surface area contributed by atoms with Crippen molar-refractivity contribution in [2.75, 3.05) is 23.3 Å². The summed E-state index contributed by atoms with van der Waals surface area (Å²) in [6.07, 6.45) is 2.13. The van der Waals surface area contributed by atoms with Crippen molar-refractivity contribution in [2.45, 2.75) is 12.8 Å². The molecule has 1 aliphatic heterocycles. The lowest BCUT2D eigenvalue weighted by Crippen LogP contribution is -2.23. The Labute approximate surface area is 132 Å². The number of benzene rings is 1. The van der Waals surface area contributed by atoms with Gasteiger partial charge < -0.3 is 10.2 Å². The van der Waals surface area contributed by atoms with E-state index in [1.807, 2.05) is 4.90 Å². The number of aromatic nitrogens is 2. The average molecular weight is 316 g/mol. The van der Waals surface area contributed by atoms with E-state index in [0.717, 1.165) is 30.6 Å². The molecule has 3 rings (SSSR count). The fourth-order valence-corrected chi connectivity index (χ4v) is 2.62. The van der Waals surface area contributed by atoms with E-state index < -0.39 is 5.91 Å². The number of hydrogen-bond acceptors (Lipinski definition) is 4. The van der Waals surface area contributed by atoms with Gasteiger partial charge in [0.15, 0.2) is 0 Å². The minimum Gasteiger partial charge on any atom is -0.369 e. The molecule has 1 aliphatic rings. The Morgan fingerprint density at radius 3 is 2.61 bits per heavy atom. The van der Waals surface area contributed by atoms with Gasteiger partial charge in [-0.1, -0.05) is 0 Å². The van der Waals surface area contributed by atoms with Gasteiger partial charge in [0.1, 0.15) is 11.5 Å². The third-order valence-electron chi connectivity index (χ3n) is 3.85. The summed E-state index contributed by atoms with van der Waals surface area (Å²) in [5.74, 6) is -0.855. The molecule has 23 heavy (non-hydrogen) atoms. The quantitative estimate of drug-likeness (QED) is 0.937. The number of halogens is 1. The van der Waals surface area contributed by atoms with E-state index in [1.165, 1.54) is 25.2 Å². The molecule has 2 aromatic rings. The molecule has 0 saturated carbocycles. The highest BCUT2D eigenvalue weighted by atomic mass is 19.1. The number of carbonyl (C=O) groups excluding carboxylic acids is 1. The average Bonchev–Trinajstić information content (AvgIpc) is 3.04. The third kappa shape index (κ3) is 3.23. The molecule has 1 aromatic heterocycles. The third-order valence-corrected chi connectivity index (χ3v) is 3.85. The molecule has 1 aromatic carbocycles. The predicted octanol–water partition coefficient (Wildman–Crippen LogP) is 1.77. The minimum atomic E-state index is -0.492. The van der Waals surface area contributed by atoms with Crippen molar-refractivity contribution in [1.29, 1.82) is 0 Å². The Hall–Kier alpha value is -2.70. The van der Waals surface area contributed by atoms with Crippen LogP contribution >= 0.6 is 0 Å². The number of nitrogens with zero attached hydrogens (tertiary/aromatic N) is 3. The zero-order valence-electron chi connectivity index (χ0n) is 12.8. The molecule has 0 spiro atoms. The molecule has 0 radical (unpaired) electrons. The Kier molecular flexibility index (Phi) is 4.10. The molecule has 7 heteroatoms. The van der Waals surface area contributed by atoms with Gasteiger partial charge in [0, 0.05) is 31.9 Å². The summed E-state index contributed by atoms with van der Waals surface area (Å²) in [7, 11) is 1.46. The van der Waals surface area contributed by atoms with Crippen molar-refractivity contribution < 1.29 is 9.18 Å².